The van der Waals surface area contributed by atoms with Crippen LogP contribution in [0.2, 0.25) is 0 Å². The SMILES string of the molecule is Cc1cc(C)c(C(=O)N[C@@H]2CC(=O)N(CC(C)(C)C)C2)c(=O)[nH]1. The normalized spacial score (nSPS) is 18.4. The summed E-state index contributed by atoms with van der Waals surface area (Å²) in [5.41, 5.74) is 1.10. The summed E-state index contributed by atoms with van der Waals surface area (Å²) in [6, 6.07) is 1.51. The number of nitrogens with one attached hydrogen (secondary N) is 2. The Morgan fingerprint density at radius 1 is 1.35 bits per heavy atom. The summed E-state index contributed by atoms with van der Waals surface area (Å²) in [6.45, 7) is 10.9. The molecular formula is C17H25N3O3. The van der Waals surface area contributed by atoms with Crippen molar-refractivity contribution in [3.8, 4) is 0 Å². The molecule has 0 unspecified atom stereocenters. The number of aryl methyl sites for hydroxylation is 2. The lowest BCUT2D eigenvalue weighted by Gasteiger charge is -2.26. The molecule has 1 fully saturated rings. The molecule has 0 spiro atoms. The second-order valence-electron chi connectivity index (χ2n) is 7.55. The molecule has 0 bridgehead atoms. The molecule has 1 aliphatic rings. The minimum atomic E-state index is -0.417. The maximum Gasteiger partial charge on any atom is 0.261 e. The Morgan fingerprint density at radius 2 is 2.00 bits per heavy atom. The van der Waals surface area contributed by atoms with Gasteiger partial charge in [-0.1, -0.05) is 20.8 Å². The zero-order valence-corrected chi connectivity index (χ0v) is 14.4. The number of carbonyl (C=O) groups is 2. The van der Waals surface area contributed by atoms with Crippen LogP contribution < -0.4 is 10.9 Å². The van der Waals surface area contributed by atoms with Crippen LogP contribution >= 0.6 is 0 Å². The molecule has 0 aromatic carbocycles. The van der Waals surface area contributed by atoms with Gasteiger partial charge in [-0.15, -0.1) is 0 Å². The third-order valence-corrected chi connectivity index (χ3v) is 3.81. The summed E-state index contributed by atoms with van der Waals surface area (Å²) >= 11 is 0. The van der Waals surface area contributed by atoms with E-state index < -0.39 is 11.5 Å². The molecule has 2 rings (SSSR count). The van der Waals surface area contributed by atoms with Crippen LogP contribution in [0.15, 0.2) is 10.9 Å². The number of rotatable bonds is 3. The van der Waals surface area contributed by atoms with Crippen LogP contribution in [0.5, 0.6) is 0 Å². The largest absolute Gasteiger partial charge is 0.347 e. The van der Waals surface area contributed by atoms with E-state index in [4.69, 9.17) is 0 Å². The van der Waals surface area contributed by atoms with E-state index in [1.807, 2.05) is 0 Å². The second-order valence-corrected chi connectivity index (χ2v) is 7.55. The van der Waals surface area contributed by atoms with E-state index in [1.54, 1.807) is 24.8 Å². The number of nitrogens with zero attached hydrogens (tertiary/aromatic N) is 1. The van der Waals surface area contributed by atoms with Crippen molar-refractivity contribution in [2.75, 3.05) is 13.1 Å². The van der Waals surface area contributed by atoms with Crippen LogP contribution in [0.4, 0.5) is 0 Å². The Morgan fingerprint density at radius 3 is 2.57 bits per heavy atom. The van der Waals surface area contributed by atoms with Gasteiger partial charge in [0.1, 0.15) is 5.56 Å². The van der Waals surface area contributed by atoms with Crippen molar-refractivity contribution in [1.82, 2.24) is 15.2 Å². The first-order chi connectivity index (χ1) is 10.6. The van der Waals surface area contributed by atoms with Gasteiger partial charge in [0, 0.05) is 25.2 Å². The van der Waals surface area contributed by atoms with E-state index in [0.717, 1.165) is 5.69 Å². The number of likely N-dealkylation sites (tertiary alicyclic amines) is 1. The van der Waals surface area contributed by atoms with E-state index in [0.29, 0.717) is 18.7 Å². The first kappa shape index (κ1) is 17.2. The third kappa shape index (κ3) is 4.21. The van der Waals surface area contributed by atoms with Gasteiger partial charge in [0.05, 0.1) is 6.04 Å². The molecule has 126 valence electrons. The number of amides is 2. The fourth-order valence-electron chi connectivity index (χ4n) is 2.99. The van der Waals surface area contributed by atoms with Crippen molar-refractivity contribution in [2.45, 2.75) is 47.1 Å². The molecule has 0 aliphatic carbocycles. The molecule has 1 saturated heterocycles. The predicted molar refractivity (Wildman–Crippen MR) is 88.4 cm³/mol. The maximum atomic E-state index is 12.4. The van der Waals surface area contributed by atoms with Crippen LogP contribution in [-0.4, -0.2) is 40.8 Å². The zero-order valence-electron chi connectivity index (χ0n) is 14.4. The lowest BCUT2D eigenvalue weighted by molar-refractivity contribution is -0.128. The van der Waals surface area contributed by atoms with Gasteiger partial charge in [-0.05, 0) is 30.9 Å². The molecule has 23 heavy (non-hydrogen) atoms. The number of aromatic nitrogens is 1. The average Bonchev–Trinajstić information content (AvgIpc) is 2.65. The van der Waals surface area contributed by atoms with E-state index in [-0.39, 0.29) is 29.3 Å². The van der Waals surface area contributed by atoms with Gasteiger partial charge < -0.3 is 15.2 Å². The monoisotopic (exact) mass is 319 g/mol. The van der Waals surface area contributed by atoms with Crippen LogP contribution in [0.3, 0.4) is 0 Å². The van der Waals surface area contributed by atoms with Crippen molar-refractivity contribution in [3.05, 3.63) is 33.2 Å². The van der Waals surface area contributed by atoms with Gasteiger partial charge >= 0.3 is 0 Å². The fourth-order valence-corrected chi connectivity index (χ4v) is 2.99. The highest BCUT2D eigenvalue weighted by Gasteiger charge is 2.33. The smallest absolute Gasteiger partial charge is 0.261 e. The predicted octanol–water partition coefficient (Wildman–Crippen LogP) is 1.37. The summed E-state index contributed by atoms with van der Waals surface area (Å²) in [7, 11) is 0. The van der Waals surface area contributed by atoms with Gasteiger partial charge in [0.25, 0.3) is 11.5 Å². The molecule has 2 heterocycles. The number of aromatic amines is 1. The first-order valence-corrected chi connectivity index (χ1v) is 7.86. The molecule has 6 nitrogen and oxygen atoms in total. The molecule has 1 atom stereocenters. The fraction of sp³-hybridized carbons (Fsp3) is 0.588. The molecule has 2 N–H and O–H groups in total. The average molecular weight is 319 g/mol. The zero-order chi connectivity index (χ0) is 17.4. The van der Waals surface area contributed by atoms with Gasteiger partial charge in [0.15, 0.2) is 0 Å². The molecule has 1 aromatic rings. The Bertz CT molecular complexity index is 685. The van der Waals surface area contributed by atoms with Crippen LogP contribution in [0.25, 0.3) is 0 Å². The van der Waals surface area contributed by atoms with E-state index >= 15 is 0 Å². The van der Waals surface area contributed by atoms with Crippen molar-refractivity contribution < 1.29 is 9.59 Å². The maximum absolute atomic E-state index is 12.4. The lowest BCUT2D eigenvalue weighted by atomic mass is 9.96. The Hall–Kier alpha value is -2.11. The number of carbonyl (C=O) groups excluding carboxylic acids is 2. The molecule has 0 saturated carbocycles. The highest BCUT2D eigenvalue weighted by Crippen LogP contribution is 2.20. The van der Waals surface area contributed by atoms with Gasteiger partial charge in [-0.3, -0.25) is 14.4 Å². The minimum absolute atomic E-state index is 0.0131. The highest BCUT2D eigenvalue weighted by molar-refractivity contribution is 5.96. The quantitative estimate of drug-likeness (QED) is 0.883. The third-order valence-electron chi connectivity index (χ3n) is 3.81. The van der Waals surface area contributed by atoms with Crippen LogP contribution in [0, 0.1) is 19.3 Å². The summed E-state index contributed by atoms with van der Waals surface area (Å²) in [5.74, 6) is -0.376. The van der Waals surface area contributed by atoms with Gasteiger partial charge in [-0.25, -0.2) is 0 Å². The van der Waals surface area contributed by atoms with E-state index in [1.165, 1.54) is 0 Å². The summed E-state index contributed by atoms with van der Waals surface area (Å²) in [4.78, 5) is 40.9. The summed E-state index contributed by atoms with van der Waals surface area (Å²) in [5, 5.41) is 2.82. The van der Waals surface area contributed by atoms with Crippen LogP contribution in [0.1, 0.15) is 48.8 Å². The Balaban J connectivity index is 2.08. The Labute approximate surface area is 136 Å². The summed E-state index contributed by atoms with van der Waals surface area (Å²) in [6.07, 6.45) is 0.282. The number of hydrogen-bond donors (Lipinski definition) is 2. The second kappa shape index (κ2) is 6.18. The molecule has 0 radical (unpaired) electrons. The van der Waals surface area contributed by atoms with Crippen molar-refractivity contribution in [3.63, 3.8) is 0 Å². The number of H-pyrrole nitrogens is 1. The molecule has 6 heteroatoms. The highest BCUT2D eigenvalue weighted by atomic mass is 16.2. The van der Waals surface area contributed by atoms with Crippen molar-refractivity contribution >= 4 is 11.8 Å². The van der Waals surface area contributed by atoms with Gasteiger partial charge in [0.2, 0.25) is 5.91 Å². The summed E-state index contributed by atoms with van der Waals surface area (Å²) < 4.78 is 0. The first-order valence-electron chi connectivity index (χ1n) is 7.86. The van der Waals surface area contributed by atoms with Crippen LogP contribution in [-0.2, 0) is 4.79 Å². The van der Waals surface area contributed by atoms with Crippen molar-refractivity contribution in [1.29, 1.82) is 0 Å². The molecular weight excluding hydrogens is 294 g/mol. The Kier molecular flexibility index (Phi) is 4.63. The molecule has 1 aromatic heterocycles. The topological polar surface area (TPSA) is 82.3 Å². The van der Waals surface area contributed by atoms with E-state index in [2.05, 4.69) is 31.1 Å². The van der Waals surface area contributed by atoms with E-state index in [9.17, 15) is 14.4 Å². The lowest BCUT2D eigenvalue weighted by Crippen LogP contribution is -2.41. The number of pyridine rings is 1. The van der Waals surface area contributed by atoms with Crippen molar-refractivity contribution in [2.24, 2.45) is 5.41 Å². The molecule has 1 aliphatic heterocycles. The molecule has 2 amide bonds. The standard InChI is InChI=1S/C17H25N3O3/c1-10-6-11(2)18-15(22)14(10)16(23)19-12-7-13(21)20(8-12)9-17(3,4)5/h6,12H,7-9H2,1-5H3,(H,18,22)(H,19,23)/t12-/m1/s1. The minimum Gasteiger partial charge on any atom is -0.347 e. The number of hydrogen-bond acceptors (Lipinski definition) is 3. The van der Waals surface area contributed by atoms with Gasteiger partial charge in [-0.2, -0.15) is 0 Å².